The maximum atomic E-state index is 5.45. The molecule has 0 spiro atoms. The van der Waals surface area contributed by atoms with Gasteiger partial charge >= 0.3 is 0 Å². The molecular formula is C41H31N3. The van der Waals surface area contributed by atoms with Crippen molar-refractivity contribution in [1.82, 2.24) is 9.47 Å². The third-order valence-corrected chi connectivity index (χ3v) is 8.68. The molecule has 1 unspecified atom stereocenters. The van der Waals surface area contributed by atoms with Crippen molar-refractivity contribution in [1.29, 1.82) is 0 Å². The molecule has 44 heavy (non-hydrogen) atoms. The van der Waals surface area contributed by atoms with Crippen LogP contribution in [0.2, 0.25) is 0 Å². The first-order valence-corrected chi connectivity index (χ1v) is 15.1. The second-order valence-electron chi connectivity index (χ2n) is 11.3. The highest BCUT2D eigenvalue weighted by Crippen LogP contribution is 2.38. The van der Waals surface area contributed by atoms with Crippen LogP contribution in [0.25, 0.3) is 49.8 Å². The number of rotatable bonds is 5. The summed E-state index contributed by atoms with van der Waals surface area (Å²) < 4.78 is 2.38. The number of nitrogens with zero attached hydrogens (tertiary/aromatic N) is 3. The average Bonchev–Trinajstić information content (AvgIpc) is 3.44. The Hall–Kier alpha value is -5.67. The Balaban J connectivity index is 1.27. The molecule has 0 bridgehead atoms. The summed E-state index contributed by atoms with van der Waals surface area (Å²) in [5.74, 6) is 0. The van der Waals surface area contributed by atoms with Crippen LogP contribution in [0.3, 0.4) is 0 Å². The van der Waals surface area contributed by atoms with Crippen LogP contribution in [0.4, 0.5) is 0 Å². The van der Waals surface area contributed by atoms with Gasteiger partial charge < -0.3 is 9.47 Å². The van der Waals surface area contributed by atoms with Crippen molar-refractivity contribution in [3.63, 3.8) is 0 Å². The lowest BCUT2D eigenvalue weighted by molar-refractivity contribution is 0.282. The second-order valence-corrected chi connectivity index (χ2v) is 11.3. The fourth-order valence-electron chi connectivity index (χ4n) is 6.41. The first-order chi connectivity index (χ1) is 21.7. The number of hydrogen-bond acceptors (Lipinski definition) is 2. The van der Waals surface area contributed by atoms with Crippen LogP contribution in [-0.2, 0) is 0 Å². The molecule has 210 valence electrons. The van der Waals surface area contributed by atoms with E-state index in [1.165, 1.54) is 44.1 Å². The van der Waals surface area contributed by atoms with E-state index in [2.05, 4.69) is 180 Å². The molecule has 1 aromatic heterocycles. The fourth-order valence-corrected chi connectivity index (χ4v) is 6.41. The van der Waals surface area contributed by atoms with Crippen LogP contribution >= 0.6 is 0 Å². The van der Waals surface area contributed by atoms with E-state index in [-0.39, 0.29) is 6.29 Å². The van der Waals surface area contributed by atoms with Crippen LogP contribution < -0.4 is 0 Å². The van der Waals surface area contributed by atoms with Crippen molar-refractivity contribution in [3.05, 3.63) is 175 Å². The Morgan fingerprint density at radius 2 is 0.841 bits per heavy atom. The van der Waals surface area contributed by atoms with E-state index in [1.54, 1.807) is 0 Å². The first kappa shape index (κ1) is 26.0. The summed E-state index contributed by atoms with van der Waals surface area (Å²) in [6.07, 6.45) is 1.97. The highest BCUT2D eigenvalue weighted by atomic mass is 15.4. The molecule has 7 aromatic rings. The zero-order valence-electron chi connectivity index (χ0n) is 24.5. The summed E-state index contributed by atoms with van der Waals surface area (Å²) in [4.78, 5) is 7.75. The van der Waals surface area contributed by atoms with Gasteiger partial charge in [0.15, 0.2) is 0 Å². The fraction of sp³-hybridized carbons (Fsp3) is 0.0488. The molecule has 3 nitrogen and oxygen atoms in total. The van der Waals surface area contributed by atoms with E-state index in [1.807, 2.05) is 0 Å². The molecule has 0 saturated carbocycles. The Morgan fingerprint density at radius 1 is 0.432 bits per heavy atom. The van der Waals surface area contributed by atoms with E-state index in [9.17, 15) is 0 Å². The smallest absolute Gasteiger partial charge is 0.203 e. The molecule has 3 heteroatoms. The third-order valence-electron chi connectivity index (χ3n) is 8.68. The molecule has 1 aliphatic heterocycles. The van der Waals surface area contributed by atoms with Gasteiger partial charge in [0.25, 0.3) is 0 Å². The minimum atomic E-state index is -0.266. The van der Waals surface area contributed by atoms with Crippen molar-refractivity contribution in [3.8, 4) is 22.3 Å². The van der Waals surface area contributed by atoms with Crippen molar-refractivity contribution >= 4 is 33.2 Å². The molecule has 2 heterocycles. The number of para-hydroxylation sites is 2. The van der Waals surface area contributed by atoms with Gasteiger partial charge in [0.2, 0.25) is 6.29 Å². The maximum Gasteiger partial charge on any atom is 0.203 e. The standard InChI is InChI=1S/C41H31N3/c1-43-40(34-26-22-32(23-27-34)30-14-6-3-7-15-30)28-37(33-24-20-31(21-25-33)29-12-4-2-5-13-29)42-41(43)44-38-18-10-8-16-35(38)36-17-9-11-19-39(36)44/h2-28,41H,1H3. The first-order valence-electron chi connectivity index (χ1n) is 15.1. The molecule has 0 saturated heterocycles. The minimum Gasteiger partial charge on any atom is -0.335 e. The molecule has 1 aliphatic rings. The molecule has 0 fully saturated rings. The minimum absolute atomic E-state index is 0.266. The van der Waals surface area contributed by atoms with Crippen LogP contribution in [0, 0.1) is 0 Å². The van der Waals surface area contributed by atoms with Crippen molar-refractivity contribution in [2.24, 2.45) is 4.99 Å². The summed E-state index contributed by atoms with van der Waals surface area (Å²) in [5.41, 5.74) is 11.5. The molecule has 0 radical (unpaired) electrons. The Bertz CT molecular complexity index is 2100. The van der Waals surface area contributed by atoms with Crippen molar-refractivity contribution in [2.75, 3.05) is 7.05 Å². The van der Waals surface area contributed by atoms with Crippen molar-refractivity contribution in [2.45, 2.75) is 6.29 Å². The van der Waals surface area contributed by atoms with Gasteiger partial charge in [-0.2, -0.15) is 0 Å². The summed E-state index contributed by atoms with van der Waals surface area (Å²) in [6, 6.07) is 56.1. The zero-order valence-corrected chi connectivity index (χ0v) is 24.5. The Kier molecular flexibility index (Phi) is 6.42. The molecule has 8 rings (SSSR count). The molecule has 6 aromatic carbocycles. The average molecular weight is 566 g/mol. The highest BCUT2D eigenvalue weighted by molar-refractivity contribution is 6.13. The molecule has 0 aliphatic carbocycles. The van der Waals surface area contributed by atoms with E-state index in [4.69, 9.17) is 4.99 Å². The van der Waals surface area contributed by atoms with E-state index >= 15 is 0 Å². The summed E-state index contributed by atoms with van der Waals surface area (Å²) in [7, 11) is 2.16. The normalized spacial score (nSPS) is 14.9. The third kappa shape index (κ3) is 4.50. The van der Waals surface area contributed by atoms with Crippen LogP contribution in [0.1, 0.15) is 17.4 Å². The van der Waals surface area contributed by atoms with Gasteiger partial charge in [-0.1, -0.05) is 146 Å². The number of aliphatic imine (C=N–C) groups is 1. The molecular weight excluding hydrogens is 534 g/mol. The van der Waals surface area contributed by atoms with Crippen LogP contribution in [0.5, 0.6) is 0 Å². The largest absolute Gasteiger partial charge is 0.335 e. The number of aromatic nitrogens is 1. The van der Waals surface area contributed by atoms with E-state index < -0.39 is 0 Å². The predicted octanol–water partition coefficient (Wildman–Crippen LogP) is 10.1. The van der Waals surface area contributed by atoms with Gasteiger partial charge in [-0.25, -0.2) is 4.99 Å². The predicted molar refractivity (Wildman–Crippen MR) is 185 cm³/mol. The number of allylic oxidation sites excluding steroid dienone is 1. The SMILES string of the molecule is CN1C(c2ccc(-c3ccccc3)cc2)=CC(c2ccc(-c3ccccc3)cc2)=NC1n1c2ccccc2c2ccccc21. The quantitative estimate of drug-likeness (QED) is 0.203. The van der Waals surface area contributed by atoms with Gasteiger partial charge in [-0.15, -0.1) is 0 Å². The highest BCUT2D eigenvalue weighted by Gasteiger charge is 2.28. The van der Waals surface area contributed by atoms with Gasteiger partial charge in [0.05, 0.1) is 16.7 Å². The van der Waals surface area contributed by atoms with Crippen LogP contribution in [0.15, 0.2) is 169 Å². The van der Waals surface area contributed by atoms with Crippen molar-refractivity contribution < 1.29 is 0 Å². The van der Waals surface area contributed by atoms with Gasteiger partial charge in [0.1, 0.15) is 0 Å². The van der Waals surface area contributed by atoms with E-state index in [0.29, 0.717) is 0 Å². The lowest BCUT2D eigenvalue weighted by Crippen LogP contribution is -2.31. The summed E-state index contributed by atoms with van der Waals surface area (Å²) in [5, 5.41) is 2.48. The van der Waals surface area contributed by atoms with Gasteiger partial charge in [-0.3, -0.25) is 0 Å². The number of benzene rings is 6. The molecule has 1 atom stereocenters. The lowest BCUT2D eigenvalue weighted by Gasteiger charge is -2.35. The summed E-state index contributed by atoms with van der Waals surface area (Å²) in [6.45, 7) is 0. The van der Waals surface area contributed by atoms with Gasteiger partial charge in [-0.05, 0) is 51.6 Å². The number of hydrogen-bond donors (Lipinski definition) is 0. The van der Waals surface area contributed by atoms with E-state index in [0.717, 1.165) is 22.5 Å². The zero-order chi connectivity index (χ0) is 29.5. The number of fused-ring (bicyclic) bond motifs is 3. The lowest BCUT2D eigenvalue weighted by atomic mass is 9.98. The maximum absolute atomic E-state index is 5.45. The van der Waals surface area contributed by atoms with Crippen LogP contribution in [-0.4, -0.2) is 22.2 Å². The monoisotopic (exact) mass is 565 g/mol. The summed E-state index contributed by atoms with van der Waals surface area (Å²) >= 11 is 0. The van der Waals surface area contributed by atoms with Gasteiger partial charge in [0, 0.05) is 23.5 Å². The second kappa shape index (κ2) is 10.9. The Labute approximate surface area is 257 Å². The molecule has 0 N–H and O–H groups in total. The molecule has 0 amide bonds. The Morgan fingerprint density at radius 3 is 1.36 bits per heavy atom. The topological polar surface area (TPSA) is 20.5 Å².